The third kappa shape index (κ3) is 6.56. The number of halogens is 1. The molecule has 0 spiro atoms. The topological polar surface area (TPSA) is 54.0 Å². The van der Waals surface area contributed by atoms with Crippen molar-refractivity contribution in [2.24, 2.45) is 0 Å². The Labute approximate surface area is 188 Å². The number of fused-ring (bicyclic) bond motifs is 2. The Balaban J connectivity index is 0.000000284. The highest BCUT2D eigenvalue weighted by Gasteiger charge is 2.28. The smallest absolute Gasteiger partial charge is 0.205 e. The normalized spacial score (nSPS) is 17.1. The Bertz CT molecular complexity index is 889. The highest BCUT2D eigenvalue weighted by atomic mass is 79.9. The average Bonchev–Trinajstić information content (AvgIpc) is 2.61. The van der Waals surface area contributed by atoms with E-state index in [9.17, 15) is 4.79 Å². The van der Waals surface area contributed by atoms with Crippen molar-refractivity contribution in [3.8, 4) is 11.5 Å². The van der Waals surface area contributed by atoms with Crippen LogP contribution in [0.25, 0.3) is 0 Å². The van der Waals surface area contributed by atoms with E-state index in [1.54, 1.807) is 13.0 Å². The van der Waals surface area contributed by atoms with Gasteiger partial charge in [-0.15, -0.1) is 0 Å². The van der Waals surface area contributed by atoms with Crippen molar-refractivity contribution in [3.05, 3.63) is 57.6 Å². The van der Waals surface area contributed by atoms with Crippen LogP contribution in [0.15, 0.2) is 40.9 Å². The summed E-state index contributed by atoms with van der Waals surface area (Å²) in [6.45, 7) is 10.2. The van der Waals surface area contributed by atoms with E-state index in [2.05, 4.69) is 15.9 Å². The molecule has 0 unspecified atom stereocenters. The van der Waals surface area contributed by atoms with Gasteiger partial charge < -0.3 is 18.9 Å². The van der Waals surface area contributed by atoms with Gasteiger partial charge in [0, 0.05) is 48.9 Å². The van der Waals surface area contributed by atoms with Crippen LogP contribution >= 0.6 is 15.9 Å². The van der Waals surface area contributed by atoms with Crippen molar-refractivity contribution in [2.75, 3.05) is 0 Å². The minimum atomic E-state index is -0.579. The second-order valence-electron chi connectivity index (χ2n) is 7.71. The van der Waals surface area contributed by atoms with Gasteiger partial charge in [0.15, 0.2) is 5.78 Å². The highest BCUT2D eigenvalue weighted by Crippen LogP contribution is 2.33. The number of rotatable bonds is 1. The van der Waals surface area contributed by atoms with Crippen LogP contribution in [-0.2, 0) is 22.7 Å². The Kier molecular flexibility index (Phi) is 8.67. The number of ketones is 1. The fourth-order valence-corrected chi connectivity index (χ4v) is 3.27. The number of ether oxygens (including phenoxy) is 4. The molecule has 0 radical (unpaired) electrons. The van der Waals surface area contributed by atoms with Gasteiger partial charge in [-0.2, -0.15) is 0 Å². The summed E-state index contributed by atoms with van der Waals surface area (Å²) in [5.74, 6) is 0.698. The van der Waals surface area contributed by atoms with Gasteiger partial charge in [0.05, 0.1) is 13.2 Å². The molecule has 4 rings (SSSR count). The van der Waals surface area contributed by atoms with Crippen LogP contribution in [0, 0.1) is 0 Å². The Morgan fingerprint density at radius 3 is 1.80 bits per heavy atom. The number of Topliss-reactive ketones (excluding diaryl/α,β-unsaturated/α-hetero) is 1. The lowest BCUT2D eigenvalue weighted by atomic mass is 10.1. The van der Waals surface area contributed by atoms with Gasteiger partial charge in [0.2, 0.25) is 11.6 Å². The summed E-state index contributed by atoms with van der Waals surface area (Å²) < 4.78 is 23.3. The molecule has 0 saturated carbocycles. The zero-order chi connectivity index (χ0) is 20.5. The van der Waals surface area contributed by atoms with Gasteiger partial charge >= 0.3 is 0 Å². The summed E-state index contributed by atoms with van der Waals surface area (Å²) in [6, 6.07) is 11.4. The Morgan fingerprint density at radius 1 is 0.833 bits per heavy atom. The molecule has 5 nitrogen and oxygen atoms in total. The monoisotopic (exact) mass is 480 g/mol. The minimum Gasteiger partial charge on any atom is -0.463 e. The fraction of sp³-hybridized carbons (Fsp3) is 0.458. The van der Waals surface area contributed by atoms with E-state index in [1.165, 1.54) is 0 Å². The molecule has 0 atom stereocenters. The molecule has 0 bridgehead atoms. The van der Waals surface area contributed by atoms with Gasteiger partial charge in [-0.1, -0.05) is 30.8 Å². The first-order valence-corrected chi connectivity index (χ1v) is 9.92. The molecule has 6 heteroatoms. The summed E-state index contributed by atoms with van der Waals surface area (Å²) in [5.41, 5.74) is 2.72. The van der Waals surface area contributed by atoms with E-state index in [1.807, 2.05) is 58.0 Å². The lowest BCUT2D eigenvalue weighted by Gasteiger charge is -2.32. The van der Waals surface area contributed by atoms with Gasteiger partial charge in [-0.3, -0.25) is 4.79 Å². The summed E-state index contributed by atoms with van der Waals surface area (Å²) in [5, 5.41) is 0. The molecular formula is C24H33BrO5. The highest BCUT2D eigenvalue weighted by molar-refractivity contribution is 9.10. The molecule has 2 aliphatic rings. The van der Waals surface area contributed by atoms with E-state index < -0.39 is 11.6 Å². The minimum absolute atomic E-state index is 0. The van der Waals surface area contributed by atoms with Crippen molar-refractivity contribution in [3.63, 3.8) is 0 Å². The number of hydrogen-bond donors (Lipinski definition) is 0. The SMILES string of the molecule is C.C.CC(=O)c1ccc2c(c1)COC(C)(C)O2.CC1(C)OCc2cc(Br)ccc2O1. The molecule has 166 valence electrons. The molecule has 0 aliphatic carbocycles. The summed E-state index contributed by atoms with van der Waals surface area (Å²) in [6.07, 6.45) is 0. The zero-order valence-electron chi connectivity index (χ0n) is 16.8. The third-order valence-corrected chi connectivity index (χ3v) is 4.84. The van der Waals surface area contributed by atoms with Gasteiger partial charge in [0.1, 0.15) is 11.5 Å². The molecule has 2 heterocycles. The second kappa shape index (κ2) is 9.94. The maximum absolute atomic E-state index is 11.2. The van der Waals surface area contributed by atoms with Crippen molar-refractivity contribution < 1.29 is 23.7 Å². The zero-order valence-corrected chi connectivity index (χ0v) is 18.4. The predicted molar refractivity (Wildman–Crippen MR) is 123 cm³/mol. The van der Waals surface area contributed by atoms with Crippen LogP contribution in [0.2, 0.25) is 0 Å². The van der Waals surface area contributed by atoms with E-state index in [0.717, 1.165) is 27.1 Å². The Morgan fingerprint density at radius 2 is 1.30 bits per heavy atom. The first-order valence-electron chi connectivity index (χ1n) is 9.13. The van der Waals surface area contributed by atoms with E-state index in [4.69, 9.17) is 18.9 Å². The van der Waals surface area contributed by atoms with Crippen LogP contribution in [0.4, 0.5) is 0 Å². The van der Waals surface area contributed by atoms with Gasteiger partial charge in [-0.05, 0) is 43.3 Å². The number of carbonyl (C=O) groups is 1. The van der Waals surface area contributed by atoms with Crippen LogP contribution in [0.5, 0.6) is 11.5 Å². The molecule has 0 N–H and O–H groups in total. The number of hydrogen-bond acceptors (Lipinski definition) is 5. The summed E-state index contributed by atoms with van der Waals surface area (Å²) in [4.78, 5) is 11.2. The molecular weight excluding hydrogens is 448 g/mol. The van der Waals surface area contributed by atoms with Crippen molar-refractivity contribution >= 4 is 21.7 Å². The lowest BCUT2D eigenvalue weighted by Crippen LogP contribution is -2.35. The Hall–Kier alpha value is -1.89. The summed E-state index contributed by atoms with van der Waals surface area (Å²) in [7, 11) is 0. The van der Waals surface area contributed by atoms with E-state index in [0.29, 0.717) is 18.8 Å². The molecule has 0 aromatic heterocycles. The van der Waals surface area contributed by atoms with Crippen molar-refractivity contribution in [2.45, 2.75) is 74.3 Å². The van der Waals surface area contributed by atoms with Gasteiger partial charge in [0.25, 0.3) is 0 Å². The fourth-order valence-electron chi connectivity index (χ4n) is 2.86. The third-order valence-electron chi connectivity index (χ3n) is 4.35. The quantitative estimate of drug-likeness (QED) is 0.415. The molecule has 0 amide bonds. The maximum atomic E-state index is 11.2. The first-order chi connectivity index (χ1) is 13.0. The molecule has 0 saturated heterocycles. The largest absolute Gasteiger partial charge is 0.463 e. The number of carbonyl (C=O) groups excluding carboxylic acids is 1. The molecule has 2 aromatic rings. The van der Waals surface area contributed by atoms with Crippen LogP contribution in [0.1, 0.15) is 71.0 Å². The predicted octanol–water partition coefficient (Wildman–Crippen LogP) is 6.90. The molecule has 0 fully saturated rings. The van der Waals surface area contributed by atoms with Crippen molar-refractivity contribution in [1.82, 2.24) is 0 Å². The lowest BCUT2D eigenvalue weighted by molar-refractivity contribution is -0.180. The van der Waals surface area contributed by atoms with E-state index >= 15 is 0 Å². The van der Waals surface area contributed by atoms with Crippen molar-refractivity contribution in [1.29, 1.82) is 0 Å². The first kappa shape index (κ1) is 26.1. The second-order valence-corrected chi connectivity index (χ2v) is 8.63. The summed E-state index contributed by atoms with van der Waals surface area (Å²) >= 11 is 3.41. The van der Waals surface area contributed by atoms with Crippen LogP contribution in [-0.4, -0.2) is 17.4 Å². The number of benzene rings is 2. The van der Waals surface area contributed by atoms with Crippen LogP contribution in [0.3, 0.4) is 0 Å². The molecule has 2 aromatic carbocycles. The molecule has 2 aliphatic heterocycles. The standard InChI is InChI=1S/C12H14O3.C10H11BrO2.2CH4/c1-8(13)9-4-5-11-10(6-9)7-14-12(2,3)15-11;1-10(2)12-6-7-5-8(11)3-4-9(7)13-10;;/h4-6H,7H2,1-3H3;3-5H,6H2,1-2H3;2*1H4. The maximum Gasteiger partial charge on any atom is 0.205 e. The molecule has 30 heavy (non-hydrogen) atoms. The van der Waals surface area contributed by atoms with E-state index in [-0.39, 0.29) is 20.6 Å². The average molecular weight is 481 g/mol. The van der Waals surface area contributed by atoms with Crippen LogP contribution < -0.4 is 9.47 Å². The van der Waals surface area contributed by atoms with Gasteiger partial charge in [-0.25, -0.2) is 0 Å².